The topological polar surface area (TPSA) is 3.24 Å². The van der Waals surface area contributed by atoms with Crippen molar-refractivity contribution in [3.63, 3.8) is 0 Å². The first kappa shape index (κ1) is 19.7. The summed E-state index contributed by atoms with van der Waals surface area (Å²) in [5.41, 5.74) is 5.19. The molecule has 134 valence electrons. The molecule has 2 heteroatoms. The average molecular weight is 354 g/mol. The van der Waals surface area contributed by atoms with Crippen LogP contribution in [0.15, 0.2) is 48.5 Å². The largest absolute Gasteiger partial charge is 0.304 e. The zero-order valence-corrected chi connectivity index (χ0v) is 16.7. The molecule has 0 saturated carbocycles. The van der Waals surface area contributed by atoms with Crippen molar-refractivity contribution in [1.29, 1.82) is 0 Å². The van der Waals surface area contributed by atoms with E-state index in [-0.39, 0.29) is 0 Å². The summed E-state index contributed by atoms with van der Waals surface area (Å²) in [5, 5.41) is 0. The number of benzene rings is 2. The van der Waals surface area contributed by atoms with Crippen LogP contribution in [0.2, 0.25) is 0 Å². The van der Waals surface area contributed by atoms with Crippen LogP contribution in [-0.2, 0) is 6.42 Å². The number of fused-ring (bicyclic) bond motifs is 2. The molecule has 0 atom stereocenters. The number of thiocarbonyl (C=S) groups is 1. The molecule has 0 radical (unpaired) electrons. The van der Waals surface area contributed by atoms with Crippen molar-refractivity contribution in [2.24, 2.45) is 0 Å². The second kappa shape index (κ2) is 10.4. The second-order valence-corrected chi connectivity index (χ2v) is 7.05. The summed E-state index contributed by atoms with van der Waals surface area (Å²) in [6, 6.07) is 17.1. The Morgan fingerprint density at radius 1 is 0.800 bits per heavy atom. The van der Waals surface area contributed by atoms with Crippen molar-refractivity contribution in [3.05, 3.63) is 59.7 Å². The summed E-state index contributed by atoms with van der Waals surface area (Å²) < 4.78 is 0. The maximum atomic E-state index is 5.55. The van der Waals surface area contributed by atoms with Crippen LogP contribution in [0.1, 0.15) is 70.4 Å². The molecule has 0 N–H and O–H groups in total. The fraction of sp³-hybridized carbons (Fsp3) is 0.435. The highest BCUT2D eigenvalue weighted by Crippen LogP contribution is 2.38. The predicted molar refractivity (Wildman–Crippen MR) is 115 cm³/mol. The lowest BCUT2D eigenvalue weighted by atomic mass is 9.95. The minimum absolute atomic E-state index is 0.887. The lowest BCUT2D eigenvalue weighted by Gasteiger charge is -2.33. The van der Waals surface area contributed by atoms with Crippen molar-refractivity contribution in [3.8, 4) is 0 Å². The van der Waals surface area contributed by atoms with Gasteiger partial charge in [-0.2, -0.15) is 0 Å². The van der Waals surface area contributed by atoms with Gasteiger partial charge in [0.1, 0.15) is 0 Å². The first-order chi connectivity index (χ1) is 12.2. The molecule has 0 aliphatic carbocycles. The molecular formula is C23H31NS. The summed E-state index contributed by atoms with van der Waals surface area (Å²) in [6.07, 6.45) is 8.89. The van der Waals surface area contributed by atoms with E-state index in [1.54, 1.807) is 0 Å². The minimum Gasteiger partial charge on any atom is -0.304 e. The van der Waals surface area contributed by atoms with E-state index in [0.717, 1.165) is 17.8 Å². The predicted octanol–water partition coefficient (Wildman–Crippen LogP) is 7.44. The zero-order valence-electron chi connectivity index (χ0n) is 15.9. The van der Waals surface area contributed by atoms with E-state index in [9.17, 15) is 0 Å². The standard InChI is InChI=1S/C16H15NS.C7H16/c1-2-16(18)17-14-9-5-3-7-12(14)11-13-8-4-6-10-15(13)17;1-3-5-7-6-4-2/h3-10H,2,11H2,1H3;3-7H2,1-2H3. The molecular weight excluding hydrogens is 322 g/mol. The maximum Gasteiger partial charge on any atom is 0.0866 e. The Labute approximate surface area is 159 Å². The van der Waals surface area contributed by atoms with Crippen LogP contribution in [-0.4, -0.2) is 4.99 Å². The molecule has 1 heterocycles. The van der Waals surface area contributed by atoms with Gasteiger partial charge in [0, 0.05) is 6.42 Å². The van der Waals surface area contributed by atoms with Gasteiger partial charge in [-0.3, -0.25) is 0 Å². The summed E-state index contributed by atoms with van der Waals surface area (Å²) in [7, 11) is 0. The summed E-state index contributed by atoms with van der Waals surface area (Å²) >= 11 is 5.55. The monoisotopic (exact) mass is 353 g/mol. The molecule has 25 heavy (non-hydrogen) atoms. The second-order valence-electron chi connectivity index (χ2n) is 6.58. The number of rotatable bonds is 5. The molecule has 0 aromatic heterocycles. The van der Waals surface area contributed by atoms with Gasteiger partial charge in [0.2, 0.25) is 0 Å². The van der Waals surface area contributed by atoms with Crippen molar-refractivity contribution < 1.29 is 0 Å². The van der Waals surface area contributed by atoms with E-state index in [0.29, 0.717) is 0 Å². The molecule has 2 aromatic rings. The van der Waals surface area contributed by atoms with Gasteiger partial charge in [0.25, 0.3) is 0 Å². The number of anilines is 2. The molecule has 0 fully saturated rings. The Morgan fingerprint density at radius 3 is 1.72 bits per heavy atom. The summed E-state index contributed by atoms with van der Waals surface area (Å²) in [4.78, 5) is 3.21. The van der Waals surface area contributed by atoms with E-state index < -0.39 is 0 Å². The molecule has 0 amide bonds. The highest BCUT2D eigenvalue weighted by Gasteiger charge is 2.23. The Hall–Kier alpha value is -1.67. The third-order valence-corrected chi connectivity index (χ3v) is 5.08. The van der Waals surface area contributed by atoms with E-state index in [2.05, 4.69) is 74.2 Å². The molecule has 2 aromatic carbocycles. The molecule has 1 nitrogen and oxygen atoms in total. The number of para-hydroxylation sites is 2. The Morgan fingerprint density at radius 2 is 1.28 bits per heavy atom. The van der Waals surface area contributed by atoms with Crippen LogP contribution in [0.4, 0.5) is 11.4 Å². The van der Waals surface area contributed by atoms with Crippen LogP contribution in [0.3, 0.4) is 0 Å². The van der Waals surface area contributed by atoms with Crippen molar-refractivity contribution in [2.75, 3.05) is 4.90 Å². The highest BCUT2D eigenvalue weighted by atomic mass is 32.1. The molecule has 0 saturated heterocycles. The maximum absolute atomic E-state index is 5.55. The van der Waals surface area contributed by atoms with Crippen LogP contribution >= 0.6 is 12.2 Å². The summed E-state index contributed by atoms with van der Waals surface area (Å²) in [5.74, 6) is 0. The van der Waals surface area contributed by atoms with E-state index in [4.69, 9.17) is 12.2 Å². The van der Waals surface area contributed by atoms with Gasteiger partial charge >= 0.3 is 0 Å². The molecule has 3 rings (SSSR count). The molecule has 0 unspecified atom stereocenters. The third-order valence-electron chi connectivity index (χ3n) is 4.60. The van der Waals surface area contributed by atoms with Crippen molar-refractivity contribution in [1.82, 2.24) is 0 Å². The highest BCUT2D eigenvalue weighted by molar-refractivity contribution is 7.80. The van der Waals surface area contributed by atoms with Crippen LogP contribution in [0.25, 0.3) is 0 Å². The first-order valence-corrected chi connectivity index (χ1v) is 10.1. The van der Waals surface area contributed by atoms with Gasteiger partial charge in [-0.05, 0) is 29.7 Å². The number of nitrogens with zero attached hydrogens (tertiary/aromatic N) is 1. The quantitative estimate of drug-likeness (QED) is 0.406. The molecule has 1 aliphatic rings. The minimum atomic E-state index is 0.887. The van der Waals surface area contributed by atoms with Gasteiger partial charge < -0.3 is 4.90 Å². The Balaban J connectivity index is 0.000000277. The van der Waals surface area contributed by atoms with Crippen molar-refractivity contribution >= 4 is 28.6 Å². The van der Waals surface area contributed by atoms with Crippen molar-refractivity contribution in [2.45, 2.75) is 65.7 Å². The Bertz CT molecular complexity index is 628. The summed E-state index contributed by atoms with van der Waals surface area (Å²) in [6.45, 7) is 6.60. The lowest BCUT2D eigenvalue weighted by molar-refractivity contribution is 0.656. The number of hydrogen-bond donors (Lipinski definition) is 0. The molecule has 0 spiro atoms. The fourth-order valence-electron chi connectivity index (χ4n) is 3.20. The SMILES string of the molecule is CCC(=S)N1c2ccccc2Cc2ccccc21.CCCCCCC. The first-order valence-electron chi connectivity index (χ1n) is 9.71. The smallest absolute Gasteiger partial charge is 0.0866 e. The lowest BCUT2D eigenvalue weighted by Crippen LogP contribution is -2.28. The van der Waals surface area contributed by atoms with Crippen LogP contribution in [0.5, 0.6) is 0 Å². The van der Waals surface area contributed by atoms with Crippen LogP contribution in [0, 0.1) is 0 Å². The fourth-order valence-corrected chi connectivity index (χ4v) is 3.39. The van der Waals surface area contributed by atoms with Gasteiger partial charge in [-0.1, -0.05) is 101 Å². The van der Waals surface area contributed by atoms with Gasteiger partial charge in [0.05, 0.1) is 16.4 Å². The number of hydrogen-bond acceptors (Lipinski definition) is 1. The number of unbranched alkanes of at least 4 members (excludes halogenated alkanes) is 4. The van der Waals surface area contributed by atoms with E-state index in [1.165, 1.54) is 54.6 Å². The molecule has 1 aliphatic heterocycles. The zero-order chi connectivity index (χ0) is 18.1. The van der Waals surface area contributed by atoms with Gasteiger partial charge in [0.15, 0.2) is 0 Å². The van der Waals surface area contributed by atoms with E-state index in [1.807, 2.05) is 0 Å². The molecule has 0 bridgehead atoms. The van der Waals surface area contributed by atoms with Crippen LogP contribution < -0.4 is 4.90 Å². The normalized spacial score (nSPS) is 11.9. The average Bonchev–Trinajstić information content (AvgIpc) is 2.66. The van der Waals surface area contributed by atoms with Gasteiger partial charge in [-0.25, -0.2) is 0 Å². The van der Waals surface area contributed by atoms with Gasteiger partial charge in [-0.15, -0.1) is 0 Å². The van der Waals surface area contributed by atoms with E-state index >= 15 is 0 Å². The Kier molecular flexibility index (Phi) is 8.14. The third kappa shape index (κ3) is 5.15.